The predicted octanol–water partition coefficient (Wildman–Crippen LogP) is 2.04. The standard InChI is InChI=1S/C12H19N5O/c1-4-5-16-12(13-9-15-16)8-18-11-6-14-17(7-11)10(2)3/h6-7,9-10H,4-5,8H2,1-3H3. The van der Waals surface area contributed by atoms with Crippen molar-refractivity contribution in [2.24, 2.45) is 0 Å². The van der Waals surface area contributed by atoms with Gasteiger partial charge in [0.1, 0.15) is 12.9 Å². The summed E-state index contributed by atoms with van der Waals surface area (Å²) in [6.07, 6.45) is 6.21. The number of aryl methyl sites for hydroxylation is 1. The molecule has 0 saturated heterocycles. The molecular formula is C12H19N5O. The van der Waals surface area contributed by atoms with Crippen molar-refractivity contribution in [1.82, 2.24) is 24.5 Å². The summed E-state index contributed by atoms with van der Waals surface area (Å²) < 4.78 is 9.40. The fourth-order valence-electron chi connectivity index (χ4n) is 1.62. The molecule has 0 N–H and O–H groups in total. The van der Waals surface area contributed by atoms with Crippen LogP contribution in [0.15, 0.2) is 18.7 Å². The van der Waals surface area contributed by atoms with Gasteiger partial charge >= 0.3 is 0 Å². The summed E-state index contributed by atoms with van der Waals surface area (Å²) in [7, 11) is 0. The van der Waals surface area contributed by atoms with Gasteiger partial charge in [0.15, 0.2) is 11.6 Å². The maximum atomic E-state index is 5.66. The number of nitrogens with zero attached hydrogens (tertiary/aromatic N) is 5. The highest BCUT2D eigenvalue weighted by molar-refractivity contribution is 5.12. The molecule has 0 spiro atoms. The van der Waals surface area contributed by atoms with Gasteiger partial charge in [-0.15, -0.1) is 0 Å². The number of hydrogen-bond donors (Lipinski definition) is 0. The summed E-state index contributed by atoms with van der Waals surface area (Å²) in [4.78, 5) is 4.19. The third-order valence-corrected chi connectivity index (χ3v) is 2.61. The van der Waals surface area contributed by atoms with Crippen molar-refractivity contribution in [1.29, 1.82) is 0 Å². The van der Waals surface area contributed by atoms with Gasteiger partial charge in [0, 0.05) is 12.6 Å². The topological polar surface area (TPSA) is 57.8 Å². The minimum absolute atomic E-state index is 0.339. The van der Waals surface area contributed by atoms with Crippen LogP contribution in [0.1, 0.15) is 39.1 Å². The van der Waals surface area contributed by atoms with Crippen LogP contribution in [-0.4, -0.2) is 24.5 Å². The monoisotopic (exact) mass is 249 g/mol. The highest BCUT2D eigenvalue weighted by Gasteiger charge is 2.06. The summed E-state index contributed by atoms with van der Waals surface area (Å²) in [6.45, 7) is 7.55. The van der Waals surface area contributed by atoms with Crippen molar-refractivity contribution in [2.75, 3.05) is 0 Å². The second-order valence-electron chi connectivity index (χ2n) is 4.44. The minimum atomic E-state index is 0.339. The molecule has 0 radical (unpaired) electrons. The van der Waals surface area contributed by atoms with E-state index in [0.29, 0.717) is 12.6 Å². The van der Waals surface area contributed by atoms with Gasteiger partial charge < -0.3 is 4.74 Å². The van der Waals surface area contributed by atoms with Crippen LogP contribution in [0, 0.1) is 0 Å². The van der Waals surface area contributed by atoms with Crippen LogP contribution in [-0.2, 0) is 13.2 Å². The quantitative estimate of drug-likeness (QED) is 0.786. The zero-order chi connectivity index (χ0) is 13.0. The lowest BCUT2D eigenvalue weighted by atomic mass is 10.4. The molecule has 0 aliphatic heterocycles. The Labute approximate surface area is 107 Å². The first kappa shape index (κ1) is 12.6. The normalized spacial score (nSPS) is 11.1. The number of ether oxygens (including phenoxy) is 1. The average molecular weight is 249 g/mol. The molecule has 0 saturated carbocycles. The number of hydrogen-bond acceptors (Lipinski definition) is 4. The summed E-state index contributed by atoms with van der Waals surface area (Å²) in [5.74, 6) is 1.60. The molecule has 0 aliphatic rings. The molecule has 0 unspecified atom stereocenters. The van der Waals surface area contributed by atoms with E-state index in [9.17, 15) is 0 Å². The zero-order valence-electron chi connectivity index (χ0n) is 11.1. The maximum absolute atomic E-state index is 5.66. The molecule has 0 atom stereocenters. The lowest BCUT2D eigenvalue weighted by molar-refractivity contribution is 0.285. The highest BCUT2D eigenvalue weighted by atomic mass is 16.5. The van der Waals surface area contributed by atoms with Crippen molar-refractivity contribution in [2.45, 2.75) is 46.4 Å². The van der Waals surface area contributed by atoms with E-state index >= 15 is 0 Å². The molecule has 2 heterocycles. The molecule has 6 heteroatoms. The molecule has 0 aromatic carbocycles. The number of rotatable bonds is 6. The molecule has 0 aliphatic carbocycles. The van der Waals surface area contributed by atoms with Crippen LogP contribution < -0.4 is 4.74 Å². The molecule has 98 valence electrons. The summed E-state index contributed by atoms with van der Waals surface area (Å²) >= 11 is 0. The van der Waals surface area contributed by atoms with E-state index in [1.165, 1.54) is 0 Å². The molecule has 2 aromatic rings. The van der Waals surface area contributed by atoms with E-state index < -0.39 is 0 Å². The third-order valence-electron chi connectivity index (χ3n) is 2.61. The predicted molar refractivity (Wildman–Crippen MR) is 67.3 cm³/mol. The Balaban J connectivity index is 1.95. The Bertz CT molecular complexity index is 488. The van der Waals surface area contributed by atoms with Crippen molar-refractivity contribution < 1.29 is 4.74 Å². The molecule has 2 aromatic heterocycles. The SMILES string of the molecule is CCCn1ncnc1COc1cnn(C(C)C)c1. The van der Waals surface area contributed by atoms with Crippen molar-refractivity contribution in [3.63, 3.8) is 0 Å². The zero-order valence-corrected chi connectivity index (χ0v) is 11.1. The van der Waals surface area contributed by atoms with Gasteiger partial charge in [0.2, 0.25) is 0 Å². The van der Waals surface area contributed by atoms with Crippen molar-refractivity contribution in [3.05, 3.63) is 24.5 Å². The summed E-state index contributed by atoms with van der Waals surface area (Å²) in [5.41, 5.74) is 0. The van der Waals surface area contributed by atoms with E-state index in [1.807, 2.05) is 15.6 Å². The van der Waals surface area contributed by atoms with E-state index in [2.05, 4.69) is 36.0 Å². The fourth-order valence-corrected chi connectivity index (χ4v) is 1.62. The lowest BCUT2D eigenvalue weighted by Crippen LogP contribution is -2.08. The second kappa shape index (κ2) is 5.66. The van der Waals surface area contributed by atoms with Crippen molar-refractivity contribution in [3.8, 4) is 5.75 Å². The Morgan fingerprint density at radius 3 is 2.83 bits per heavy atom. The molecule has 18 heavy (non-hydrogen) atoms. The molecule has 0 bridgehead atoms. The van der Waals surface area contributed by atoms with Crippen molar-refractivity contribution >= 4 is 0 Å². The first-order chi connectivity index (χ1) is 8.70. The van der Waals surface area contributed by atoms with Gasteiger partial charge in [-0.1, -0.05) is 6.92 Å². The van der Waals surface area contributed by atoms with Gasteiger partial charge in [0.05, 0.1) is 12.4 Å². The molecule has 2 rings (SSSR count). The lowest BCUT2D eigenvalue weighted by Gasteiger charge is -2.05. The fraction of sp³-hybridized carbons (Fsp3) is 0.583. The Morgan fingerprint density at radius 2 is 2.17 bits per heavy atom. The first-order valence-electron chi connectivity index (χ1n) is 6.24. The average Bonchev–Trinajstić information content (AvgIpc) is 2.95. The Hall–Kier alpha value is -1.85. The van der Waals surface area contributed by atoms with Gasteiger partial charge in [-0.05, 0) is 20.3 Å². The number of aromatic nitrogens is 5. The van der Waals surface area contributed by atoms with E-state index in [4.69, 9.17) is 4.74 Å². The first-order valence-corrected chi connectivity index (χ1v) is 6.24. The van der Waals surface area contributed by atoms with E-state index in [-0.39, 0.29) is 0 Å². The van der Waals surface area contributed by atoms with Crippen LogP contribution in [0.4, 0.5) is 0 Å². The second-order valence-corrected chi connectivity index (χ2v) is 4.44. The maximum Gasteiger partial charge on any atom is 0.164 e. The van der Waals surface area contributed by atoms with Crippen LogP contribution in [0.5, 0.6) is 5.75 Å². The molecular weight excluding hydrogens is 230 g/mol. The van der Waals surface area contributed by atoms with Gasteiger partial charge in [-0.3, -0.25) is 4.68 Å². The smallest absolute Gasteiger partial charge is 0.164 e. The van der Waals surface area contributed by atoms with Crippen LogP contribution in [0.3, 0.4) is 0 Å². The van der Waals surface area contributed by atoms with Gasteiger partial charge in [-0.25, -0.2) is 9.67 Å². The van der Waals surface area contributed by atoms with E-state index in [1.54, 1.807) is 12.5 Å². The molecule has 6 nitrogen and oxygen atoms in total. The van der Waals surface area contributed by atoms with Crippen LogP contribution in [0.25, 0.3) is 0 Å². The Morgan fingerprint density at radius 1 is 1.33 bits per heavy atom. The summed E-state index contributed by atoms with van der Waals surface area (Å²) in [5, 5.41) is 8.38. The summed E-state index contributed by atoms with van der Waals surface area (Å²) in [6, 6.07) is 0.339. The van der Waals surface area contributed by atoms with Crippen LogP contribution >= 0.6 is 0 Å². The van der Waals surface area contributed by atoms with E-state index in [0.717, 1.165) is 24.5 Å². The Kier molecular flexibility index (Phi) is 3.96. The third kappa shape index (κ3) is 2.88. The van der Waals surface area contributed by atoms with Gasteiger partial charge in [-0.2, -0.15) is 10.2 Å². The molecule has 0 amide bonds. The highest BCUT2D eigenvalue weighted by Crippen LogP contribution is 2.13. The molecule has 0 fully saturated rings. The minimum Gasteiger partial charge on any atom is -0.482 e. The van der Waals surface area contributed by atoms with Gasteiger partial charge in [0.25, 0.3) is 0 Å². The largest absolute Gasteiger partial charge is 0.482 e. The van der Waals surface area contributed by atoms with Crippen LogP contribution in [0.2, 0.25) is 0 Å².